The average molecular weight is 319 g/mol. The largest absolute Gasteiger partial charge is 0.322 e. The lowest BCUT2D eigenvalue weighted by Crippen LogP contribution is -2.14. The number of anilines is 1. The van der Waals surface area contributed by atoms with Crippen LogP contribution in [0, 0.1) is 13.8 Å². The third kappa shape index (κ3) is 3.23. The summed E-state index contributed by atoms with van der Waals surface area (Å²) in [6.45, 7) is 6.07. The van der Waals surface area contributed by atoms with Crippen LogP contribution < -0.4 is 5.32 Å². The fourth-order valence-corrected chi connectivity index (χ4v) is 2.94. The van der Waals surface area contributed by atoms with Gasteiger partial charge in [0.2, 0.25) is 0 Å². The Labute approximate surface area is 142 Å². The number of aromatic nitrogens is 2. The van der Waals surface area contributed by atoms with Gasteiger partial charge < -0.3 is 5.32 Å². The van der Waals surface area contributed by atoms with E-state index in [-0.39, 0.29) is 5.91 Å². The number of benzene rings is 2. The second-order valence-electron chi connectivity index (χ2n) is 5.94. The Kier molecular flexibility index (Phi) is 4.47. The molecule has 0 spiro atoms. The van der Waals surface area contributed by atoms with Crippen LogP contribution in [0.3, 0.4) is 0 Å². The Morgan fingerprint density at radius 3 is 2.38 bits per heavy atom. The lowest BCUT2D eigenvalue weighted by atomic mass is 10.1. The van der Waals surface area contributed by atoms with Crippen LogP contribution in [-0.4, -0.2) is 15.7 Å². The SMILES string of the molecule is CCc1c(C(=O)Nc2cc(C)cc(C)c2)cnn1-c1ccccc1. The average Bonchev–Trinajstić information content (AvgIpc) is 2.98. The van der Waals surface area contributed by atoms with Gasteiger partial charge in [0, 0.05) is 5.69 Å². The third-order valence-corrected chi connectivity index (χ3v) is 3.93. The van der Waals surface area contributed by atoms with Crippen molar-refractivity contribution in [2.75, 3.05) is 5.32 Å². The molecule has 0 radical (unpaired) electrons. The van der Waals surface area contributed by atoms with Crippen LogP contribution in [0.5, 0.6) is 0 Å². The minimum atomic E-state index is -0.126. The van der Waals surface area contributed by atoms with Crippen LogP contribution in [0.25, 0.3) is 5.69 Å². The van der Waals surface area contributed by atoms with E-state index in [0.717, 1.165) is 34.6 Å². The van der Waals surface area contributed by atoms with Crippen molar-refractivity contribution >= 4 is 11.6 Å². The first-order valence-corrected chi connectivity index (χ1v) is 8.10. The first-order chi connectivity index (χ1) is 11.6. The van der Waals surface area contributed by atoms with Crippen LogP contribution in [0.4, 0.5) is 5.69 Å². The zero-order valence-corrected chi connectivity index (χ0v) is 14.2. The molecule has 3 rings (SSSR count). The number of hydrogen-bond donors (Lipinski definition) is 1. The van der Waals surface area contributed by atoms with Crippen LogP contribution in [0.15, 0.2) is 54.7 Å². The predicted octanol–water partition coefficient (Wildman–Crippen LogP) is 4.30. The normalized spacial score (nSPS) is 10.6. The smallest absolute Gasteiger partial charge is 0.259 e. The summed E-state index contributed by atoms with van der Waals surface area (Å²) in [5.41, 5.74) is 5.54. The number of para-hydroxylation sites is 1. The maximum Gasteiger partial charge on any atom is 0.259 e. The van der Waals surface area contributed by atoms with Gasteiger partial charge in [-0.05, 0) is 55.7 Å². The van der Waals surface area contributed by atoms with E-state index in [9.17, 15) is 4.79 Å². The van der Waals surface area contributed by atoms with E-state index < -0.39 is 0 Å². The fraction of sp³-hybridized carbons (Fsp3) is 0.200. The summed E-state index contributed by atoms with van der Waals surface area (Å²) >= 11 is 0. The Morgan fingerprint density at radius 2 is 1.75 bits per heavy atom. The summed E-state index contributed by atoms with van der Waals surface area (Å²) < 4.78 is 1.83. The molecule has 0 aliphatic rings. The zero-order chi connectivity index (χ0) is 17.1. The number of nitrogens with one attached hydrogen (secondary N) is 1. The molecule has 2 aromatic carbocycles. The van der Waals surface area contributed by atoms with Gasteiger partial charge in [0.25, 0.3) is 5.91 Å². The number of aryl methyl sites for hydroxylation is 2. The van der Waals surface area contributed by atoms with Crippen molar-refractivity contribution in [1.82, 2.24) is 9.78 Å². The molecule has 0 atom stereocenters. The van der Waals surface area contributed by atoms with E-state index in [1.54, 1.807) is 6.20 Å². The molecule has 0 aliphatic carbocycles. The minimum Gasteiger partial charge on any atom is -0.322 e. The molecule has 3 aromatic rings. The van der Waals surface area contributed by atoms with Crippen LogP contribution in [0.1, 0.15) is 34.1 Å². The second kappa shape index (κ2) is 6.71. The van der Waals surface area contributed by atoms with Crippen molar-refractivity contribution in [3.8, 4) is 5.69 Å². The number of nitrogens with zero attached hydrogens (tertiary/aromatic N) is 2. The van der Waals surface area contributed by atoms with Crippen LogP contribution >= 0.6 is 0 Å². The highest BCUT2D eigenvalue weighted by Crippen LogP contribution is 2.19. The van der Waals surface area contributed by atoms with Gasteiger partial charge in [0.05, 0.1) is 23.1 Å². The van der Waals surface area contributed by atoms with Crippen LogP contribution in [-0.2, 0) is 6.42 Å². The van der Waals surface area contributed by atoms with Gasteiger partial charge in [-0.15, -0.1) is 0 Å². The molecule has 1 heterocycles. The molecule has 0 unspecified atom stereocenters. The summed E-state index contributed by atoms with van der Waals surface area (Å²) in [7, 11) is 0. The molecule has 0 saturated carbocycles. The van der Waals surface area contributed by atoms with E-state index >= 15 is 0 Å². The van der Waals surface area contributed by atoms with Gasteiger partial charge in [-0.3, -0.25) is 4.79 Å². The van der Waals surface area contributed by atoms with Crippen molar-refractivity contribution in [2.45, 2.75) is 27.2 Å². The van der Waals surface area contributed by atoms with Gasteiger partial charge in [-0.1, -0.05) is 31.2 Å². The quantitative estimate of drug-likeness (QED) is 0.779. The molecule has 122 valence electrons. The molecular formula is C20H21N3O. The first-order valence-electron chi connectivity index (χ1n) is 8.10. The van der Waals surface area contributed by atoms with Crippen molar-refractivity contribution in [2.24, 2.45) is 0 Å². The van der Waals surface area contributed by atoms with E-state index in [1.807, 2.05) is 67.9 Å². The molecule has 4 heteroatoms. The number of rotatable bonds is 4. The summed E-state index contributed by atoms with van der Waals surface area (Å²) in [4.78, 5) is 12.7. The summed E-state index contributed by atoms with van der Waals surface area (Å²) in [6.07, 6.45) is 2.37. The predicted molar refractivity (Wildman–Crippen MR) is 96.8 cm³/mol. The Morgan fingerprint density at radius 1 is 1.08 bits per heavy atom. The summed E-state index contributed by atoms with van der Waals surface area (Å²) in [6, 6.07) is 15.9. The summed E-state index contributed by atoms with van der Waals surface area (Å²) in [5.74, 6) is -0.126. The second-order valence-corrected chi connectivity index (χ2v) is 5.94. The van der Waals surface area contributed by atoms with Crippen molar-refractivity contribution in [3.63, 3.8) is 0 Å². The number of amides is 1. The molecule has 1 N–H and O–H groups in total. The van der Waals surface area contributed by atoms with E-state index in [2.05, 4.69) is 16.5 Å². The minimum absolute atomic E-state index is 0.126. The fourth-order valence-electron chi connectivity index (χ4n) is 2.94. The molecule has 0 bridgehead atoms. The molecule has 4 nitrogen and oxygen atoms in total. The highest BCUT2D eigenvalue weighted by atomic mass is 16.1. The molecule has 0 saturated heterocycles. The maximum absolute atomic E-state index is 12.7. The standard InChI is InChI=1S/C20H21N3O/c1-4-19-18(13-21-23(19)17-8-6-5-7-9-17)20(24)22-16-11-14(2)10-15(3)12-16/h5-13H,4H2,1-3H3,(H,22,24). The monoisotopic (exact) mass is 319 g/mol. The number of carbonyl (C=O) groups is 1. The lowest BCUT2D eigenvalue weighted by molar-refractivity contribution is 0.102. The molecule has 0 fully saturated rings. The Hall–Kier alpha value is -2.88. The summed E-state index contributed by atoms with van der Waals surface area (Å²) in [5, 5.41) is 7.40. The topological polar surface area (TPSA) is 46.9 Å². The lowest BCUT2D eigenvalue weighted by Gasteiger charge is -2.09. The van der Waals surface area contributed by atoms with Crippen molar-refractivity contribution < 1.29 is 4.79 Å². The molecule has 0 aliphatic heterocycles. The number of carbonyl (C=O) groups excluding carboxylic acids is 1. The first kappa shape index (κ1) is 16.0. The Bertz CT molecular complexity index is 846. The highest BCUT2D eigenvalue weighted by molar-refractivity contribution is 6.05. The number of hydrogen-bond acceptors (Lipinski definition) is 2. The zero-order valence-electron chi connectivity index (χ0n) is 14.2. The molecule has 1 amide bonds. The van der Waals surface area contributed by atoms with Gasteiger partial charge in [0.1, 0.15) is 0 Å². The highest BCUT2D eigenvalue weighted by Gasteiger charge is 2.17. The van der Waals surface area contributed by atoms with Gasteiger partial charge in [-0.2, -0.15) is 5.10 Å². The Balaban J connectivity index is 1.92. The molecular weight excluding hydrogens is 298 g/mol. The molecule has 1 aromatic heterocycles. The molecule has 24 heavy (non-hydrogen) atoms. The van der Waals surface area contributed by atoms with E-state index in [4.69, 9.17) is 0 Å². The van der Waals surface area contributed by atoms with Gasteiger partial charge >= 0.3 is 0 Å². The van der Waals surface area contributed by atoms with Gasteiger partial charge in [0.15, 0.2) is 0 Å². The van der Waals surface area contributed by atoms with E-state index in [0.29, 0.717) is 5.56 Å². The van der Waals surface area contributed by atoms with Crippen molar-refractivity contribution in [3.05, 3.63) is 77.1 Å². The third-order valence-electron chi connectivity index (χ3n) is 3.93. The maximum atomic E-state index is 12.7. The van der Waals surface area contributed by atoms with Crippen LogP contribution in [0.2, 0.25) is 0 Å². The van der Waals surface area contributed by atoms with Crippen molar-refractivity contribution in [1.29, 1.82) is 0 Å². The van der Waals surface area contributed by atoms with Gasteiger partial charge in [-0.25, -0.2) is 4.68 Å². The van der Waals surface area contributed by atoms with E-state index in [1.165, 1.54) is 0 Å².